The number of hydrogen-bond acceptors (Lipinski definition) is 3. The maximum Gasteiger partial charge on any atom is 0.349 e. The molecule has 1 N–H and O–H groups in total. The SMILES string of the molecule is CCCc1cc(OC2CCCC(C)C2)c(C(=O)O)s1. The molecule has 0 aliphatic heterocycles. The Bertz CT molecular complexity index is 439. The molecule has 0 saturated heterocycles. The number of hydrogen-bond donors (Lipinski definition) is 1. The first kappa shape index (κ1) is 14.4. The molecular weight excluding hydrogens is 260 g/mol. The van der Waals surface area contributed by atoms with Gasteiger partial charge in [0.1, 0.15) is 5.75 Å². The van der Waals surface area contributed by atoms with Crippen LogP contribution in [0.25, 0.3) is 0 Å². The Morgan fingerprint density at radius 1 is 1.53 bits per heavy atom. The molecule has 1 aliphatic rings. The fourth-order valence-corrected chi connectivity index (χ4v) is 3.72. The molecule has 1 aliphatic carbocycles. The van der Waals surface area contributed by atoms with Crippen molar-refractivity contribution in [1.82, 2.24) is 0 Å². The zero-order valence-corrected chi connectivity index (χ0v) is 12.5. The third kappa shape index (κ3) is 3.72. The predicted octanol–water partition coefficient (Wildman–Crippen LogP) is 4.36. The fraction of sp³-hybridized carbons (Fsp3) is 0.667. The van der Waals surface area contributed by atoms with Gasteiger partial charge in [0.15, 0.2) is 4.88 Å². The number of thiophene rings is 1. The van der Waals surface area contributed by atoms with E-state index in [-0.39, 0.29) is 6.10 Å². The van der Waals surface area contributed by atoms with Crippen LogP contribution < -0.4 is 4.74 Å². The minimum Gasteiger partial charge on any atom is -0.489 e. The summed E-state index contributed by atoms with van der Waals surface area (Å²) in [6.07, 6.45) is 6.66. The van der Waals surface area contributed by atoms with E-state index in [1.165, 1.54) is 24.2 Å². The molecule has 19 heavy (non-hydrogen) atoms. The van der Waals surface area contributed by atoms with Crippen molar-refractivity contribution >= 4 is 17.3 Å². The van der Waals surface area contributed by atoms with Gasteiger partial charge in [-0.1, -0.05) is 26.7 Å². The summed E-state index contributed by atoms with van der Waals surface area (Å²) in [7, 11) is 0. The first-order valence-corrected chi connectivity index (χ1v) is 7.94. The highest BCUT2D eigenvalue weighted by Crippen LogP contribution is 2.34. The quantitative estimate of drug-likeness (QED) is 0.873. The fourth-order valence-electron chi connectivity index (χ4n) is 2.69. The number of carboxylic acids is 1. The van der Waals surface area contributed by atoms with E-state index in [2.05, 4.69) is 13.8 Å². The minimum absolute atomic E-state index is 0.186. The van der Waals surface area contributed by atoms with E-state index in [1.54, 1.807) is 0 Å². The lowest BCUT2D eigenvalue weighted by Crippen LogP contribution is -2.24. The molecular formula is C15H22O3S. The lowest BCUT2D eigenvalue weighted by molar-refractivity contribution is 0.0690. The summed E-state index contributed by atoms with van der Waals surface area (Å²) in [5.74, 6) is 0.395. The molecule has 0 spiro atoms. The Balaban J connectivity index is 2.11. The van der Waals surface area contributed by atoms with E-state index < -0.39 is 5.97 Å². The summed E-state index contributed by atoms with van der Waals surface area (Å²) >= 11 is 1.36. The van der Waals surface area contributed by atoms with E-state index >= 15 is 0 Å². The van der Waals surface area contributed by atoms with Crippen LogP contribution in [0.4, 0.5) is 0 Å². The normalized spacial score (nSPS) is 23.3. The highest BCUT2D eigenvalue weighted by Gasteiger charge is 2.24. The van der Waals surface area contributed by atoms with Gasteiger partial charge < -0.3 is 9.84 Å². The Kier molecular flexibility index (Phi) is 4.86. The highest BCUT2D eigenvalue weighted by molar-refractivity contribution is 7.14. The van der Waals surface area contributed by atoms with Crippen LogP contribution in [0.5, 0.6) is 5.75 Å². The lowest BCUT2D eigenvalue weighted by atomic mass is 9.89. The van der Waals surface area contributed by atoms with Gasteiger partial charge in [-0.2, -0.15) is 0 Å². The monoisotopic (exact) mass is 282 g/mol. The molecule has 0 bridgehead atoms. The maximum absolute atomic E-state index is 11.3. The van der Waals surface area contributed by atoms with Gasteiger partial charge in [-0.05, 0) is 37.7 Å². The molecule has 0 radical (unpaired) electrons. The van der Waals surface area contributed by atoms with Crippen LogP contribution in [-0.4, -0.2) is 17.2 Å². The van der Waals surface area contributed by atoms with E-state index in [1.807, 2.05) is 6.07 Å². The number of carboxylic acid groups (broad SMARTS) is 1. The summed E-state index contributed by atoms with van der Waals surface area (Å²) in [5.41, 5.74) is 0. The van der Waals surface area contributed by atoms with Crippen LogP contribution in [0.2, 0.25) is 0 Å². The molecule has 1 fully saturated rings. The van der Waals surface area contributed by atoms with Crippen molar-refractivity contribution in [3.8, 4) is 5.75 Å². The second kappa shape index (κ2) is 6.42. The van der Waals surface area contributed by atoms with Gasteiger partial charge >= 0.3 is 5.97 Å². The standard InChI is InChI=1S/C15H22O3S/c1-3-5-12-9-13(14(19-12)15(16)17)18-11-7-4-6-10(2)8-11/h9-11H,3-8H2,1-2H3,(H,16,17). The van der Waals surface area contributed by atoms with Crippen LogP contribution >= 0.6 is 11.3 Å². The first-order valence-electron chi connectivity index (χ1n) is 7.12. The van der Waals surface area contributed by atoms with Crippen molar-refractivity contribution in [1.29, 1.82) is 0 Å². The van der Waals surface area contributed by atoms with Gasteiger partial charge in [-0.15, -0.1) is 11.3 Å². The number of rotatable bonds is 5. The summed E-state index contributed by atoms with van der Waals surface area (Å²) < 4.78 is 5.97. The molecule has 1 saturated carbocycles. The number of aromatic carboxylic acids is 1. The lowest BCUT2D eigenvalue weighted by Gasteiger charge is -2.27. The Morgan fingerprint density at radius 2 is 2.32 bits per heavy atom. The second-order valence-corrected chi connectivity index (χ2v) is 6.61. The van der Waals surface area contributed by atoms with Gasteiger partial charge in [0.05, 0.1) is 6.10 Å². The van der Waals surface area contributed by atoms with Gasteiger partial charge in [0.25, 0.3) is 0 Å². The van der Waals surface area contributed by atoms with E-state index in [4.69, 9.17) is 4.74 Å². The first-order chi connectivity index (χ1) is 9.10. The minimum atomic E-state index is -0.869. The third-order valence-electron chi connectivity index (χ3n) is 3.62. The largest absolute Gasteiger partial charge is 0.489 e. The van der Waals surface area contributed by atoms with E-state index in [0.717, 1.165) is 30.6 Å². The number of ether oxygens (including phenoxy) is 1. The molecule has 106 valence electrons. The summed E-state index contributed by atoms with van der Waals surface area (Å²) in [5, 5.41) is 9.26. The average Bonchev–Trinajstić information content (AvgIpc) is 2.73. The van der Waals surface area contributed by atoms with Crippen molar-refractivity contribution in [3.63, 3.8) is 0 Å². The topological polar surface area (TPSA) is 46.5 Å². The Morgan fingerprint density at radius 3 is 2.95 bits per heavy atom. The van der Waals surface area contributed by atoms with Gasteiger partial charge in [-0.3, -0.25) is 0 Å². The van der Waals surface area contributed by atoms with Crippen molar-refractivity contribution in [3.05, 3.63) is 15.8 Å². The van der Waals surface area contributed by atoms with Crippen LogP contribution in [0, 0.1) is 5.92 Å². The number of aryl methyl sites for hydroxylation is 1. The Hall–Kier alpha value is -1.03. The molecule has 2 atom stereocenters. The maximum atomic E-state index is 11.3. The van der Waals surface area contributed by atoms with Gasteiger partial charge in [0.2, 0.25) is 0 Å². The Labute approximate surface area is 118 Å². The summed E-state index contributed by atoms with van der Waals surface area (Å²) in [6.45, 7) is 4.34. The highest BCUT2D eigenvalue weighted by atomic mass is 32.1. The van der Waals surface area contributed by atoms with Gasteiger partial charge in [0, 0.05) is 4.88 Å². The van der Waals surface area contributed by atoms with Crippen LogP contribution in [0.15, 0.2) is 6.07 Å². The summed E-state index contributed by atoms with van der Waals surface area (Å²) in [6, 6.07) is 1.93. The smallest absolute Gasteiger partial charge is 0.349 e. The van der Waals surface area contributed by atoms with Crippen molar-refractivity contribution in [2.45, 2.75) is 58.5 Å². The van der Waals surface area contributed by atoms with Crippen molar-refractivity contribution in [2.24, 2.45) is 5.92 Å². The van der Waals surface area contributed by atoms with Crippen LogP contribution in [-0.2, 0) is 6.42 Å². The average molecular weight is 282 g/mol. The molecule has 1 aromatic rings. The van der Waals surface area contributed by atoms with E-state index in [9.17, 15) is 9.90 Å². The zero-order valence-electron chi connectivity index (χ0n) is 11.6. The molecule has 3 nitrogen and oxygen atoms in total. The van der Waals surface area contributed by atoms with Gasteiger partial charge in [-0.25, -0.2) is 4.79 Å². The third-order valence-corrected chi connectivity index (χ3v) is 4.79. The van der Waals surface area contributed by atoms with E-state index in [0.29, 0.717) is 16.5 Å². The number of carbonyl (C=O) groups is 1. The molecule has 2 rings (SSSR count). The molecule has 0 aromatic carbocycles. The molecule has 0 amide bonds. The molecule has 4 heteroatoms. The second-order valence-electron chi connectivity index (χ2n) is 5.47. The summed E-state index contributed by atoms with van der Waals surface area (Å²) in [4.78, 5) is 12.7. The molecule has 1 heterocycles. The van der Waals surface area contributed by atoms with Crippen LogP contribution in [0.3, 0.4) is 0 Å². The van der Waals surface area contributed by atoms with Crippen molar-refractivity contribution in [2.75, 3.05) is 0 Å². The molecule has 1 aromatic heterocycles. The molecule has 2 unspecified atom stereocenters. The predicted molar refractivity (Wildman–Crippen MR) is 77.3 cm³/mol. The zero-order chi connectivity index (χ0) is 13.8. The van der Waals surface area contributed by atoms with Crippen molar-refractivity contribution < 1.29 is 14.6 Å². The van der Waals surface area contributed by atoms with Crippen LogP contribution in [0.1, 0.15) is 60.5 Å².